The highest BCUT2D eigenvalue weighted by Crippen LogP contribution is 2.36. The van der Waals surface area contributed by atoms with Gasteiger partial charge < -0.3 is 10.1 Å². The average Bonchev–Trinajstić information content (AvgIpc) is 2.65. The number of hydrogen-bond acceptors (Lipinski definition) is 3. The summed E-state index contributed by atoms with van der Waals surface area (Å²) in [5.41, 5.74) is 1.63. The molecule has 1 fully saturated rings. The van der Waals surface area contributed by atoms with Gasteiger partial charge in [0.2, 0.25) is 11.8 Å². The summed E-state index contributed by atoms with van der Waals surface area (Å²) in [5.74, 6) is -1.99. The molecule has 3 rings (SSSR count). The number of hydrogen-bond donors (Lipinski definition) is 1. The Balaban J connectivity index is 1.71. The Labute approximate surface area is 151 Å². The smallest absolute Gasteiger partial charge is 0.248 e. The van der Waals surface area contributed by atoms with E-state index < -0.39 is 5.92 Å². The van der Waals surface area contributed by atoms with Crippen molar-refractivity contribution in [2.45, 2.75) is 38.2 Å². The first-order valence-electron chi connectivity index (χ1n) is 8.76. The first kappa shape index (κ1) is 18.3. The predicted octanol–water partition coefficient (Wildman–Crippen LogP) is 4.24. The lowest BCUT2D eigenvalue weighted by atomic mass is 9.87. The highest BCUT2D eigenvalue weighted by molar-refractivity contribution is 5.89. The Bertz CT molecular complexity index is 797. The van der Waals surface area contributed by atoms with Crippen LogP contribution in [0.3, 0.4) is 0 Å². The van der Waals surface area contributed by atoms with Crippen molar-refractivity contribution in [1.29, 1.82) is 0 Å². The number of benzene rings is 1. The topological polar surface area (TPSA) is 51.2 Å². The predicted molar refractivity (Wildman–Crippen MR) is 96.2 cm³/mol. The Hall–Kier alpha value is -2.50. The molecule has 1 amide bonds. The van der Waals surface area contributed by atoms with Crippen LogP contribution in [-0.2, 0) is 11.3 Å². The van der Waals surface area contributed by atoms with Crippen LogP contribution in [0.15, 0.2) is 43.1 Å². The van der Waals surface area contributed by atoms with E-state index in [4.69, 9.17) is 4.74 Å². The maximum Gasteiger partial charge on any atom is 0.248 e. The third kappa shape index (κ3) is 4.36. The molecule has 1 heterocycles. The van der Waals surface area contributed by atoms with Crippen molar-refractivity contribution in [3.8, 4) is 5.75 Å². The van der Waals surface area contributed by atoms with Crippen LogP contribution in [0.2, 0.25) is 0 Å². The van der Waals surface area contributed by atoms with Crippen LogP contribution in [0, 0.1) is 5.92 Å². The molecule has 4 nitrogen and oxygen atoms in total. The van der Waals surface area contributed by atoms with E-state index in [1.807, 2.05) is 24.3 Å². The van der Waals surface area contributed by atoms with E-state index in [9.17, 15) is 13.6 Å². The van der Waals surface area contributed by atoms with E-state index in [-0.39, 0.29) is 24.7 Å². The highest BCUT2D eigenvalue weighted by atomic mass is 19.3. The lowest BCUT2D eigenvalue weighted by molar-refractivity contribution is -0.116. The van der Waals surface area contributed by atoms with Gasteiger partial charge in [0, 0.05) is 31.0 Å². The molecule has 0 bridgehead atoms. The number of pyridine rings is 1. The van der Waals surface area contributed by atoms with Gasteiger partial charge in [-0.3, -0.25) is 9.78 Å². The number of halogens is 2. The Kier molecular flexibility index (Phi) is 5.49. The molecule has 26 heavy (non-hydrogen) atoms. The molecule has 6 heteroatoms. The SMILES string of the molecule is C=CC(=O)NCc1ccc(OCC2CCC(F)(F)CC2)c2ncccc12. The average molecular weight is 360 g/mol. The molecule has 0 radical (unpaired) electrons. The number of carbonyl (C=O) groups is 1. The number of amides is 1. The van der Waals surface area contributed by atoms with E-state index in [1.165, 1.54) is 6.08 Å². The van der Waals surface area contributed by atoms with Gasteiger partial charge in [-0.25, -0.2) is 8.78 Å². The van der Waals surface area contributed by atoms with E-state index in [0.29, 0.717) is 37.3 Å². The van der Waals surface area contributed by atoms with Crippen molar-refractivity contribution in [1.82, 2.24) is 10.3 Å². The molecular weight excluding hydrogens is 338 g/mol. The molecule has 0 aliphatic heterocycles. The molecule has 1 saturated carbocycles. The molecule has 1 aliphatic rings. The molecule has 0 unspecified atom stereocenters. The Morgan fingerprint density at radius 1 is 1.35 bits per heavy atom. The first-order valence-corrected chi connectivity index (χ1v) is 8.76. The van der Waals surface area contributed by atoms with Crippen LogP contribution >= 0.6 is 0 Å². The number of alkyl halides is 2. The van der Waals surface area contributed by atoms with Crippen molar-refractivity contribution in [2.75, 3.05) is 6.61 Å². The van der Waals surface area contributed by atoms with Crippen molar-refractivity contribution in [3.05, 3.63) is 48.7 Å². The Morgan fingerprint density at radius 2 is 2.12 bits per heavy atom. The minimum absolute atomic E-state index is 0.0675. The zero-order valence-corrected chi connectivity index (χ0v) is 14.5. The Morgan fingerprint density at radius 3 is 2.85 bits per heavy atom. The van der Waals surface area contributed by atoms with Gasteiger partial charge in [-0.1, -0.05) is 18.7 Å². The van der Waals surface area contributed by atoms with Crippen LogP contribution in [0.4, 0.5) is 8.78 Å². The van der Waals surface area contributed by atoms with Crippen LogP contribution in [-0.4, -0.2) is 23.4 Å². The first-order chi connectivity index (χ1) is 12.5. The number of carbonyl (C=O) groups excluding carboxylic acids is 1. The maximum atomic E-state index is 13.3. The van der Waals surface area contributed by atoms with Crippen LogP contribution in [0.1, 0.15) is 31.2 Å². The van der Waals surface area contributed by atoms with Gasteiger partial charge in [0.05, 0.1) is 6.61 Å². The molecule has 2 aromatic rings. The van der Waals surface area contributed by atoms with Gasteiger partial charge in [-0.15, -0.1) is 0 Å². The van der Waals surface area contributed by atoms with Crippen molar-refractivity contribution in [3.63, 3.8) is 0 Å². The monoisotopic (exact) mass is 360 g/mol. The summed E-state index contributed by atoms with van der Waals surface area (Å²) in [6.07, 6.45) is 3.73. The second-order valence-corrected chi connectivity index (χ2v) is 6.65. The zero-order valence-electron chi connectivity index (χ0n) is 14.5. The molecule has 0 atom stereocenters. The normalized spacial score (nSPS) is 17.0. The summed E-state index contributed by atoms with van der Waals surface area (Å²) in [5, 5.41) is 3.65. The van der Waals surface area contributed by atoms with Crippen LogP contribution < -0.4 is 10.1 Å². The largest absolute Gasteiger partial charge is 0.491 e. The number of rotatable bonds is 6. The van der Waals surface area contributed by atoms with Crippen LogP contribution in [0.25, 0.3) is 10.9 Å². The number of ether oxygens (including phenoxy) is 1. The second kappa shape index (κ2) is 7.81. The minimum Gasteiger partial charge on any atom is -0.491 e. The number of nitrogens with one attached hydrogen (secondary N) is 1. The van der Waals surface area contributed by atoms with Gasteiger partial charge in [-0.05, 0) is 42.5 Å². The quantitative estimate of drug-likeness (QED) is 0.784. The summed E-state index contributed by atoms with van der Waals surface area (Å²) >= 11 is 0. The number of fused-ring (bicyclic) bond motifs is 1. The molecular formula is C20H22F2N2O2. The third-order valence-electron chi connectivity index (χ3n) is 4.77. The van der Waals surface area contributed by atoms with Gasteiger partial charge in [0.25, 0.3) is 0 Å². The highest BCUT2D eigenvalue weighted by Gasteiger charge is 2.35. The summed E-state index contributed by atoms with van der Waals surface area (Å²) in [6.45, 7) is 4.21. The molecule has 138 valence electrons. The van der Waals surface area contributed by atoms with Crippen molar-refractivity contribution in [2.24, 2.45) is 5.92 Å². The van der Waals surface area contributed by atoms with E-state index in [0.717, 1.165) is 10.9 Å². The van der Waals surface area contributed by atoms with Crippen molar-refractivity contribution < 1.29 is 18.3 Å². The molecule has 1 aliphatic carbocycles. The summed E-state index contributed by atoms with van der Waals surface area (Å²) < 4.78 is 32.4. The lowest BCUT2D eigenvalue weighted by Crippen LogP contribution is -2.27. The third-order valence-corrected chi connectivity index (χ3v) is 4.77. The lowest BCUT2D eigenvalue weighted by Gasteiger charge is -2.28. The van der Waals surface area contributed by atoms with Gasteiger partial charge in [0.15, 0.2) is 0 Å². The number of nitrogens with zero attached hydrogens (tertiary/aromatic N) is 1. The fourth-order valence-corrected chi connectivity index (χ4v) is 3.21. The molecule has 1 aromatic heterocycles. The number of aromatic nitrogens is 1. The fraction of sp³-hybridized carbons (Fsp3) is 0.400. The van der Waals surface area contributed by atoms with E-state index in [2.05, 4.69) is 16.9 Å². The molecule has 1 aromatic carbocycles. The molecule has 0 spiro atoms. The van der Waals surface area contributed by atoms with Gasteiger partial charge in [-0.2, -0.15) is 0 Å². The van der Waals surface area contributed by atoms with E-state index >= 15 is 0 Å². The summed E-state index contributed by atoms with van der Waals surface area (Å²) in [6, 6.07) is 7.46. The summed E-state index contributed by atoms with van der Waals surface area (Å²) in [7, 11) is 0. The minimum atomic E-state index is -2.53. The van der Waals surface area contributed by atoms with Crippen molar-refractivity contribution >= 4 is 16.8 Å². The summed E-state index contributed by atoms with van der Waals surface area (Å²) in [4.78, 5) is 15.8. The molecule has 0 saturated heterocycles. The fourth-order valence-electron chi connectivity index (χ4n) is 3.21. The zero-order chi connectivity index (χ0) is 18.6. The van der Waals surface area contributed by atoms with Crippen LogP contribution in [0.5, 0.6) is 5.75 Å². The second-order valence-electron chi connectivity index (χ2n) is 6.65. The maximum absolute atomic E-state index is 13.3. The van der Waals surface area contributed by atoms with Gasteiger partial charge >= 0.3 is 0 Å². The molecule has 1 N–H and O–H groups in total. The standard InChI is InChI=1S/C20H22F2N2O2/c1-2-18(25)24-12-15-5-6-17(19-16(15)4-3-11-23-19)26-13-14-7-9-20(21,22)10-8-14/h2-6,11,14H,1,7-10,12-13H2,(H,24,25). The van der Waals surface area contributed by atoms with E-state index in [1.54, 1.807) is 6.20 Å². The van der Waals surface area contributed by atoms with Gasteiger partial charge in [0.1, 0.15) is 11.3 Å².